The number of hydrogen-bond acceptors (Lipinski definition) is 4. The SMILES string of the molecule is COc1ccc2[nH]c(C(=O)NCCc3ccc(S(N)(=O)=O)cc3)cc2c1. The number of fused-ring (bicyclic) bond motifs is 1. The topological polar surface area (TPSA) is 114 Å². The van der Waals surface area contributed by atoms with Gasteiger partial charge in [-0.25, -0.2) is 13.6 Å². The number of sulfonamides is 1. The van der Waals surface area contributed by atoms with Gasteiger partial charge in [0, 0.05) is 17.4 Å². The summed E-state index contributed by atoms with van der Waals surface area (Å²) in [5.74, 6) is 0.521. The average Bonchev–Trinajstić information content (AvgIpc) is 3.04. The first-order chi connectivity index (χ1) is 12.4. The summed E-state index contributed by atoms with van der Waals surface area (Å²) in [5.41, 5.74) is 2.23. The fourth-order valence-corrected chi connectivity index (χ4v) is 3.14. The van der Waals surface area contributed by atoms with Crippen molar-refractivity contribution in [2.24, 2.45) is 5.14 Å². The number of rotatable bonds is 6. The molecule has 0 spiro atoms. The molecule has 0 aliphatic carbocycles. The van der Waals surface area contributed by atoms with Gasteiger partial charge in [0.15, 0.2) is 0 Å². The third-order valence-electron chi connectivity index (χ3n) is 4.02. The number of primary sulfonamides is 1. The second kappa shape index (κ2) is 7.19. The molecule has 0 radical (unpaired) electrons. The normalized spacial score (nSPS) is 11.5. The van der Waals surface area contributed by atoms with Crippen LogP contribution in [0.15, 0.2) is 53.4 Å². The predicted molar refractivity (Wildman–Crippen MR) is 98.7 cm³/mol. The second-order valence-corrected chi connectivity index (χ2v) is 7.39. The third kappa shape index (κ3) is 4.04. The first kappa shape index (κ1) is 18.0. The monoisotopic (exact) mass is 373 g/mol. The number of ether oxygens (including phenoxy) is 1. The molecule has 0 saturated heterocycles. The van der Waals surface area contributed by atoms with Gasteiger partial charge in [-0.2, -0.15) is 0 Å². The molecule has 26 heavy (non-hydrogen) atoms. The Hall–Kier alpha value is -2.84. The van der Waals surface area contributed by atoms with Crippen LogP contribution in [0.3, 0.4) is 0 Å². The van der Waals surface area contributed by atoms with Crippen molar-refractivity contribution in [3.05, 3.63) is 59.8 Å². The third-order valence-corrected chi connectivity index (χ3v) is 4.95. The molecule has 4 N–H and O–H groups in total. The van der Waals surface area contributed by atoms with E-state index in [2.05, 4.69) is 10.3 Å². The molecule has 3 rings (SSSR count). The van der Waals surface area contributed by atoms with E-state index >= 15 is 0 Å². The van der Waals surface area contributed by atoms with Crippen molar-refractivity contribution in [1.82, 2.24) is 10.3 Å². The lowest BCUT2D eigenvalue weighted by molar-refractivity contribution is 0.0950. The number of hydrogen-bond donors (Lipinski definition) is 3. The van der Waals surface area contributed by atoms with Crippen LogP contribution >= 0.6 is 0 Å². The lowest BCUT2D eigenvalue weighted by Gasteiger charge is -2.05. The van der Waals surface area contributed by atoms with Crippen molar-refractivity contribution in [2.45, 2.75) is 11.3 Å². The van der Waals surface area contributed by atoms with Gasteiger partial charge < -0.3 is 15.0 Å². The van der Waals surface area contributed by atoms with Gasteiger partial charge in [-0.1, -0.05) is 12.1 Å². The Morgan fingerprint density at radius 3 is 2.54 bits per heavy atom. The lowest BCUT2D eigenvalue weighted by Crippen LogP contribution is -2.25. The van der Waals surface area contributed by atoms with Crippen LogP contribution in [-0.4, -0.2) is 33.0 Å². The molecule has 0 aliphatic heterocycles. The second-order valence-electron chi connectivity index (χ2n) is 5.83. The molecule has 3 aromatic rings. The van der Waals surface area contributed by atoms with E-state index in [1.165, 1.54) is 12.1 Å². The van der Waals surface area contributed by atoms with Gasteiger partial charge >= 0.3 is 0 Å². The number of aromatic nitrogens is 1. The molecule has 1 aromatic heterocycles. The highest BCUT2D eigenvalue weighted by Crippen LogP contribution is 2.21. The van der Waals surface area contributed by atoms with E-state index in [1.54, 1.807) is 25.3 Å². The van der Waals surface area contributed by atoms with E-state index in [4.69, 9.17) is 9.88 Å². The first-order valence-corrected chi connectivity index (χ1v) is 9.48. The summed E-state index contributed by atoms with van der Waals surface area (Å²) in [5, 5.41) is 8.80. The quantitative estimate of drug-likeness (QED) is 0.611. The first-order valence-electron chi connectivity index (χ1n) is 7.93. The van der Waals surface area contributed by atoms with E-state index in [1.807, 2.05) is 18.2 Å². The summed E-state index contributed by atoms with van der Waals surface area (Å²) in [6.07, 6.45) is 0.574. The summed E-state index contributed by atoms with van der Waals surface area (Å²) >= 11 is 0. The summed E-state index contributed by atoms with van der Waals surface area (Å²) in [6.45, 7) is 0.423. The van der Waals surface area contributed by atoms with E-state index < -0.39 is 10.0 Å². The van der Waals surface area contributed by atoms with Crippen LogP contribution in [0.5, 0.6) is 5.75 Å². The zero-order valence-electron chi connectivity index (χ0n) is 14.2. The van der Waals surface area contributed by atoms with Crippen LogP contribution in [0, 0.1) is 0 Å². The number of H-pyrrole nitrogens is 1. The number of methoxy groups -OCH3 is 1. The molecule has 0 unspecified atom stereocenters. The predicted octanol–water partition coefficient (Wildman–Crippen LogP) is 1.80. The Morgan fingerprint density at radius 2 is 1.88 bits per heavy atom. The molecule has 0 bridgehead atoms. The highest BCUT2D eigenvalue weighted by Gasteiger charge is 2.10. The van der Waals surface area contributed by atoms with Gasteiger partial charge in [-0.05, 0) is 48.4 Å². The molecule has 8 heteroatoms. The van der Waals surface area contributed by atoms with Crippen molar-refractivity contribution >= 4 is 26.8 Å². The largest absolute Gasteiger partial charge is 0.497 e. The summed E-state index contributed by atoms with van der Waals surface area (Å²) in [7, 11) is -2.10. The summed E-state index contributed by atoms with van der Waals surface area (Å²) < 4.78 is 27.6. The molecule has 2 aromatic carbocycles. The van der Waals surface area contributed by atoms with Gasteiger partial charge in [0.1, 0.15) is 11.4 Å². The molecule has 136 valence electrons. The van der Waals surface area contributed by atoms with Crippen LogP contribution in [0.25, 0.3) is 10.9 Å². The molecule has 0 fully saturated rings. The molecule has 1 heterocycles. The molecule has 0 atom stereocenters. The minimum atomic E-state index is -3.69. The van der Waals surface area contributed by atoms with Crippen LogP contribution in [-0.2, 0) is 16.4 Å². The van der Waals surface area contributed by atoms with E-state index in [0.717, 1.165) is 22.2 Å². The van der Waals surface area contributed by atoms with Crippen LogP contribution in [0.2, 0.25) is 0 Å². The van der Waals surface area contributed by atoms with Crippen molar-refractivity contribution < 1.29 is 17.9 Å². The van der Waals surface area contributed by atoms with E-state index in [0.29, 0.717) is 18.7 Å². The van der Waals surface area contributed by atoms with Gasteiger partial charge in [0.05, 0.1) is 12.0 Å². The average molecular weight is 373 g/mol. The van der Waals surface area contributed by atoms with Crippen molar-refractivity contribution in [1.29, 1.82) is 0 Å². The van der Waals surface area contributed by atoms with Crippen molar-refractivity contribution in [3.8, 4) is 5.75 Å². The number of nitrogens with one attached hydrogen (secondary N) is 2. The standard InChI is InChI=1S/C18H19N3O4S/c1-25-14-4-7-16-13(10-14)11-17(21-16)18(22)20-9-8-12-2-5-15(6-3-12)26(19,23)24/h2-7,10-11,21H,8-9H2,1H3,(H,20,22)(H2,19,23,24). The fraction of sp³-hybridized carbons (Fsp3) is 0.167. The number of benzene rings is 2. The Kier molecular flexibility index (Phi) is 4.97. The van der Waals surface area contributed by atoms with Crippen molar-refractivity contribution in [3.63, 3.8) is 0 Å². The van der Waals surface area contributed by atoms with Gasteiger partial charge in [0.2, 0.25) is 10.0 Å². The molecule has 0 saturated carbocycles. The molecular formula is C18H19N3O4S. The van der Waals surface area contributed by atoms with Gasteiger partial charge in [-0.15, -0.1) is 0 Å². The molecule has 7 nitrogen and oxygen atoms in total. The Morgan fingerprint density at radius 1 is 1.15 bits per heavy atom. The van der Waals surface area contributed by atoms with Crippen LogP contribution < -0.4 is 15.2 Å². The Balaban J connectivity index is 1.60. The maximum Gasteiger partial charge on any atom is 0.267 e. The van der Waals surface area contributed by atoms with Crippen molar-refractivity contribution in [2.75, 3.05) is 13.7 Å². The molecule has 1 amide bonds. The number of carbonyl (C=O) groups excluding carboxylic acids is 1. The molecule has 0 aliphatic rings. The van der Waals surface area contributed by atoms with Crippen LogP contribution in [0.4, 0.5) is 0 Å². The fourth-order valence-electron chi connectivity index (χ4n) is 2.62. The minimum absolute atomic E-state index is 0.0683. The number of carbonyl (C=O) groups is 1. The smallest absolute Gasteiger partial charge is 0.267 e. The Bertz CT molecular complexity index is 1040. The maximum absolute atomic E-state index is 12.3. The highest BCUT2D eigenvalue weighted by molar-refractivity contribution is 7.89. The summed E-state index contributed by atoms with van der Waals surface area (Å²) in [6, 6.07) is 13.6. The zero-order chi connectivity index (χ0) is 18.7. The number of aromatic amines is 1. The highest BCUT2D eigenvalue weighted by atomic mass is 32.2. The van der Waals surface area contributed by atoms with Gasteiger partial charge in [-0.3, -0.25) is 4.79 Å². The molecular weight excluding hydrogens is 354 g/mol. The lowest BCUT2D eigenvalue weighted by atomic mass is 10.1. The Labute approximate surface area is 151 Å². The number of amides is 1. The number of nitrogens with two attached hydrogens (primary N) is 1. The zero-order valence-corrected chi connectivity index (χ0v) is 15.0. The van der Waals surface area contributed by atoms with Crippen LogP contribution in [0.1, 0.15) is 16.1 Å². The summed E-state index contributed by atoms with van der Waals surface area (Å²) in [4.78, 5) is 15.4. The minimum Gasteiger partial charge on any atom is -0.497 e. The van der Waals surface area contributed by atoms with E-state index in [9.17, 15) is 13.2 Å². The maximum atomic E-state index is 12.3. The van der Waals surface area contributed by atoms with E-state index in [-0.39, 0.29) is 10.8 Å². The van der Waals surface area contributed by atoms with Gasteiger partial charge in [0.25, 0.3) is 5.91 Å².